The van der Waals surface area contributed by atoms with Crippen LogP contribution in [0, 0.1) is 0 Å². The minimum Gasteiger partial charge on any atom is -0.394 e. The number of anilines is 1. The summed E-state index contributed by atoms with van der Waals surface area (Å²) in [5.74, 6) is 0.602. The highest BCUT2D eigenvalue weighted by Gasteiger charge is 2.11. The van der Waals surface area contributed by atoms with Crippen LogP contribution in [-0.2, 0) is 0 Å². The zero-order chi connectivity index (χ0) is 17.8. The minimum absolute atomic E-state index is 0.0402. The van der Waals surface area contributed by atoms with E-state index in [-0.39, 0.29) is 12.6 Å². The van der Waals surface area contributed by atoms with Crippen molar-refractivity contribution in [2.24, 2.45) is 0 Å². The van der Waals surface area contributed by atoms with E-state index < -0.39 is 0 Å². The van der Waals surface area contributed by atoms with Crippen LogP contribution in [0.1, 0.15) is 11.6 Å². The van der Waals surface area contributed by atoms with Crippen LogP contribution in [0.25, 0.3) is 22.3 Å². The zero-order valence-electron chi connectivity index (χ0n) is 13.9. The van der Waals surface area contributed by atoms with Crippen molar-refractivity contribution in [3.05, 3.63) is 78.9 Å². The Labute approximate surface area is 150 Å². The maximum Gasteiger partial charge on any atom is 0.145 e. The highest BCUT2D eigenvalue weighted by Crippen LogP contribution is 2.23. The van der Waals surface area contributed by atoms with Crippen LogP contribution < -0.4 is 5.32 Å². The van der Waals surface area contributed by atoms with Gasteiger partial charge in [0.1, 0.15) is 5.82 Å². The summed E-state index contributed by atoms with van der Waals surface area (Å²) in [6.45, 7) is -0.0402. The Morgan fingerprint density at radius 2 is 1.73 bits per heavy atom. The van der Waals surface area contributed by atoms with E-state index in [1.807, 2.05) is 48.5 Å². The average molecular weight is 343 g/mol. The lowest BCUT2D eigenvalue weighted by atomic mass is 10.1. The summed E-state index contributed by atoms with van der Waals surface area (Å²) in [5.41, 5.74) is 4.27. The second-order valence-electron chi connectivity index (χ2n) is 5.84. The van der Waals surface area contributed by atoms with Crippen molar-refractivity contribution in [2.45, 2.75) is 6.04 Å². The predicted molar refractivity (Wildman–Crippen MR) is 100 cm³/mol. The van der Waals surface area contributed by atoms with Crippen molar-refractivity contribution in [1.82, 2.24) is 19.9 Å². The number of aromatic nitrogens is 4. The molecule has 1 atom stereocenters. The normalized spacial score (nSPS) is 12.0. The van der Waals surface area contributed by atoms with Gasteiger partial charge in [0.15, 0.2) is 0 Å². The number of aliphatic hydroxyl groups is 1. The Morgan fingerprint density at radius 3 is 2.54 bits per heavy atom. The van der Waals surface area contributed by atoms with Crippen molar-refractivity contribution in [3.8, 4) is 11.3 Å². The molecule has 0 aliphatic heterocycles. The molecule has 2 N–H and O–H groups in total. The quantitative estimate of drug-likeness (QED) is 0.579. The van der Waals surface area contributed by atoms with Crippen LogP contribution in [0.5, 0.6) is 0 Å². The van der Waals surface area contributed by atoms with Gasteiger partial charge in [0.05, 0.1) is 41.8 Å². The van der Waals surface area contributed by atoms with Gasteiger partial charge in [-0.25, -0.2) is 4.98 Å². The van der Waals surface area contributed by atoms with Crippen LogP contribution in [0.3, 0.4) is 0 Å². The molecule has 2 heterocycles. The van der Waals surface area contributed by atoms with E-state index >= 15 is 0 Å². The molecule has 0 saturated carbocycles. The fourth-order valence-electron chi connectivity index (χ4n) is 2.80. The molecule has 4 aromatic rings. The molecular weight excluding hydrogens is 326 g/mol. The Balaban J connectivity index is 1.63. The summed E-state index contributed by atoms with van der Waals surface area (Å²) in [6, 6.07) is 15.3. The molecule has 0 bridgehead atoms. The van der Waals surface area contributed by atoms with E-state index in [1.54, 1.807) is 24.8 Å². The molecule has 0 aliphatic carbocycles. The fourth-order valence-corrected chi connectivity index (χ4v) is 2.80. The van der Waals surface area contributed by atoms with Crippen molar-refractivity contribution >= 4 is 16.9 Å². The Morgan fingerprint density at radius 1 is 0.923 bits per heavy atom. The molecular formula is C20H17N5O. The monoisotopic (exact) mass is 343 g/mol. The van der Waals surface area contributed by atoms with Crippen molar-refractivity contribution in [3.63, 3.8) is 0 Å². The first-order valence-corrected chi connectivity index (χ1v) is 8.29. The number of aliphatic hydroxyl groups excluding tert-OH is 1. The van der Waals surface area contributed by atoms with E-state index in [2.05, 4.69) is 25.3 Å². The Hall–Kier alpha value is -3.38. The standard InChI is InChI=1S/C20H17N5O/c26-13-19(14-4-2-1-3-5-14)25-20-12-21-11-18(24-20)15-6-7-16-17(10-15)23-9-8-22-16/h1-12,19,26H,13H2,(H,24,25). The predicted octanol–water partition coefficient (Wildman–Crippen LogP) is 3.23. The largest absolute Gasteiger partial charge is 0.394 e. The molecule has 2 aromatic carbocycles. The number of rotatable bonds is 5. The summed E-state index contributed by atoms with van der Waals surface area (Å²) >= 11 is 0. The summed E-state index contributed by atoms with van der Waals surface area (Å²) in [7, 11) is 0. The van der Waals surface area contributed by atoms with Crippen LogP contribution in [0.2, 0.25) is 0 Å². The highest BCUT2D eigenvalue weighted by atomic mass is 16.3. The number of benzene rings is 2. The molecule has 6 nitrogen and oxygen atoms in total. The van der Waals surface area contributed by atoms with Crippen LogP contribution in [0.15, 0.2) is 73.3 Å². The third kappa shape index (κ3) is 3.36. The molecule has 0 aliphatic rings. The first kappa shape index (κ1) is 16.1. The van der Waals surface area contributed by atoms with Gasteiger partial charge in [-0.2, -0.15) is 0 Å². The van der Waals surface area contributed by atoms with E-state index in [0.717, 1.165) is 27.9 Å². The van der Waals surface area contributed by atoms with Gasteiger partial charge in [-0.3, -0.25) is 15.0 Å². The zero-order valence-corrected chi connectivity index (χ0v) is 13.9. The maximum atomic E-state index is 9.72. The second-order valence-corrected chi connectivity index (χ2v) is 5.84. The molecule has 0 fully saturated rings. The molecule has 0 saturated heterocycles. The molecule has 0 amide bonds. The van der Waals surface area contributed by atoms with Crippen molar-refractivity contribution < 1.29 is 5.11 Å². The van der Waals surface area contributed by atoms with Crippen LogP contribution >= 0.6 is 0 Å². The van der Waals surface area contributed by atoms with Crippen LogP contribution in [-0.4, -0.2) is 31.6 Å². The van der Waals surface area contributed by atoms with E-state index in [4.69, 9.17) is 0 Å². The Kier molecular flexibility index (Phi) is 4.49. The molecule has 4 rings (SSSR count). The number of hydrogen-bond acceptors (Lipinski definition) is 6. The number of hydrogen-bond donors (Lipinski definition) is 2. The molecule has 1 unspecified atom stereocenters. The average Bonchev–Trinajstić information content (AvgIpc) is 2.72. The van der Waals surface area contributed by atoms with E-state index in [0.29, 0.717) is 5.82 Å². The van der Waals surface area contributed by atoms with Gasteiger partial charge in [-0.05, 0) is 17.7 Å². The van der Waals surface area contributed by atoms with Gasteiger partial charge in [-0.15, -0.1) is 0 Å². The summed E-state index contributed by atoms with van der Waals surface area (Å²) in [4.78, 5) is 17.5. The number of fused-ring (bicyclic) bond motifs is 1. The van der Waals surface area contributed by atoms with E-state index in [9.17, 15) is 5.11 Å². The molecule has 0 radical (unpaired) electrons. The summed E-state index contributed by atoms with van der Waals surface area (Å²) < 4.78 is 0. The maximum absolute atomic E-state index is 9.72. The van der Waals surface area contributed by atoms with Crippen molar-refractivity contribution in [1.29, 1.82) is 0 Å². The lowest BCUT2D eigenvalue weighted by Crippen LogP contribution is -2.15. The van der Waals surface area contributed by atoms with E-state index in [1.165, 1.54) is 0 Å². The minimum atomic E-state index is -0.247. The first-order chi connectivity index (χ1) is 12.8. The Bertz CT molecular complexity index is 1020. The van der Waals surface area contributed by atoms with Gasteiger partial charge < -0.3 is 10.4 Å². The van der Waals surface area contributed by atoms with Gasteiger partial charge in [0.25, 0.3) is 0 Å². The topological polar surface area (TPSA) is 83.8 Å². The number of nitrogens with zero attached hydrogens (tertiary/aromatic N) is 4. The molecule has 2 aromatic heterocycles. The second kappa shape index (κ2) is 7.25. The SMILES string of the molecule is OCC(Nc1cncc(-c2ccc3nccnc3c2)n1)c1ccccc1. The van der Waals surface area contributed by atoms with Gasteiger partial charge >= 0.3 is 0 Å². The van der Waals surface area contributed by atoms with Gasteiger partial charge in [-0.1, -0.05) is 36.4 Å². The molecule has 26 heavy (non-hydrogen) atoms. The third-order valence-electron chi connectivity index (χ3n) is 4.11. The smallest absolute Gasteiger partial charge is 0.145 e. The highest BCUT2D eigenvalue weighted by molar-refractivity contribution is 5.80. The molecule has 0 spiro atoms. The summed E-state index contributed by atoms with van der Waals surface area (Å²) in [6.07, 6.45) is 6.70. The summed E-state index contributed by atoms with van der Waals surface area (Å²) in [5, 5.41) is 13.0. The fraction of sp³-hybridized carbons (Fsp3) is 0.100. The molecule has 128 valence electrons. The lowest BCUT2D eigenvalue weighted by molar-refractivity contribution is 0.276. The third-order valence-corrected chi connectivity index (χ3v) is 4.11. The lowest BCUT2D eigenvalue weighted by Gasteiger charge is -2.17. The first-order valence-electron chi connectivity index (χ1n) is 8.29. The van der Waals surface area contributed by atoms with Gasteiger partial charge in [0.2, 0.25) is 0 Å². The van der Waals surface area contributed by atoms with Crippen LogP contribution in [0.4, 0.5) is 5.82 Å². The van der Waals surface area contributed by atoms with Crippen molar-refractivity contribution in [2.75, 3.05) is 11.9 Å². The molecule has 6 heteroatoms. The number of nitrogens with one attached hydrogen (secondary N) is 1. The van der Waals surface area contributed by atoms with Gasteiger partial charge in [0, 0.05) is 18.0 Å².